The summed E-state index contributed by atoms with van der Waals surface area (Å²) in [6.45, 7) is 13.0. The zero-order valence-corrected chi connectivity index (χ0v) is 17.7. The molecule has 7 heteroatoms. The molecule has 0 spiro atoms. The van der Waals surface area contributed by atoms with Gasteiger partial charge in [-0.3, -0.25) is 9.89 Å². The van der Waals surface area contributed by atoms with Gasteiger partial charge in [0, 0.05) is 31.7 Å². The minimum atomic E-state index is 0.424. The first-order valence-electron chi connectivity index (χ1n) is 10.2. The number of benzene rings is 1. The molecule has 1 atom stereocenters. The lowest BCUT2D eigenvalue weighted by Crippen LogP contribution is -2.48. The number of rotatable bonds is 10. The molecule has 1 aromatic rings. The molecule has 1 aliphatic rings. The fourth-order valence-electron chi connectivity index (χ4n) is 3.21. The van der Waals surface area contributed by atoms with Crippen LogP contribution in [0.5, 0.6) is 11.5 Å². The lowest BCUT2D eigenvalue weighted by molar-refractivity contribution is 0.00867. The molecule has 1 heterocycles. The first-order chi connectivity index (χ1) is 13.6. The molecule has 0 radical (unpaired) electrons. The summed E-state index contributed by atoms with van der Waals surface area (Å²) in [4.78, 5) is 7.31. The molecule has 0 saturated carbocycles. The van der Waals surface area contributed by atoms with Crippen LogP contribution in [0.2, 0.25) is 0 Å². The summed E-state index contributed by atoms with van der Waals surface area (Å²) in [7, 11) is 1.65. The Balaban J connectivity index is 1.82. The van der Waals surface area contributed by atoms with Crippen LogP contribution in [0.4, 0.5) is 0 Å². The van der Waals surface area contributed by atoms with E-state index >= 15 is 0 Å². The van der Waals surface area contributed by atoms with Crippen molar-refractivity contribution in [3.05, 3.63) is 24.3 Å². The normalized spacial score (nSPS) is 16.7. The molecule has 2 N–H and O–H groups in total. The van der Waals surface area contributed by atoms with Gasteiger partial charge in [0.05, 0.1) is 33.4 Å². The Hall–Kier alpha value is -1.99. The first-order valence-corrected chi connectivity index (χ1v) is 10.2. The highest BCUT2D eigenvalue weighted by atomic mass is 16.5. The number of methoxy groups -OCH3 is 1. The highest BCUT2D eigenvalue weighted by Crippen LogP contribution is 2.18. The summed E-state index contributed by atoms with van der Waals surface area (Å²) >= 11 is 0. The second kappa shape index (κ2) is 12.5. The standard InChI is InChI=1S/C21H36N4O3/c1-5-22-21(23-9-12-28-19-8-6-7-18(15-19)26-4)24-16-20(17(2)3)25-10-13-27-14-11-25/h6-8,15,17,20H,5,9-14,16H2,1-4H3,(H2,22,23,24). The Labute approximate surface area is 169 Å². The number of ether oxygens (including phenoxy) is 3. The number of aliphatic imine (C=N–C) groups is 1. The molecule has 0 bridgehead atoms. The van der Waals surface area contributed by atoms with Crippen molar-refractivity contribution in [3.63, 3.8) is 0 Å². The molecule has 158 valence electrons. The highest BCUT2D eigenvalue weighted by Gasteiger charge is 2.23. The maximum absolute atomic E-state index is 5.79. The molecule has 2 rings (SSSR count). The average molecular weight is 393 g/mol. The predicted octanol–water partition coefficient (Wildman–Crippen LogP) is 1.99. The van der Waals surface area contributed by atoms with Crippen LogP contribution in [-0.2, 0) is 4.74 Å². The number of guanidine groups is 1. The largest absolute Gasteiger partial charge is 0.497 e. The van der Waals surface area contributed by atoms with E-state index in [0.717, 1.165) is 56.9 Å². The molecule has 28 heavy (non-hydrogen) atoms. The summed E-state index contributed by atoms with van der Waals surface area (Å²) in [5.74, 6) is 2.97. The minimum Gasteiger partial charge on any atom is -0.497 e. The Kier molecular flexibility index (Phi) is 9.93. The lowest BCUT2D eigenvalue weighted by Gasteiger charge is -2.36. The third-order valence-electron chi connectivity index (χ3n) is 4.77. The van der Waals surface area contributed by atoms with Gasteiger partial charge in [0.1, 0.15) is 18.1 Å². The maximum atomic E-state index is 5.79. The second-order valence-corrected chi connectivity index (χ2v) is 7.13. The van der Waals surface area contributed by atoms with Gasteiger partial charge in [-0.15, -0.1) is 0 Å². The fraction of sp³-hybridized carbons (Fsp3) is 0.667. The molecule has 1 aliphatic heterocycles. The quantitative estimate of drug-likeness (QED) is 0.361. The average Bonchev–Trinajstić information content (AvgIpc) is 2.72. The Bertz CT molecular complexity index is 589. The number of morpholine rings is 1. The maximum Gasteiger partial charge on any atom is 0.191 e. The molecular weight excluding hydrogens is 356 g/mol. The SMILES string of the molecule is CCNC(=NCC(C(C)C)N1CCOCC1)NCCOc1cccc(OC)c1. The van der Waals surface area contributed by atoms with E-state index in [9.17, 15) is 0 Å². The summed E-state index contributed by atoms with van der Waals surface area (Å²) in [5.41, 5.74) is 0. The fourth-order valence-corrected chi connectivity index (χ4v) is 3.21. The van der Waals surface area contributed by atoms with E-state index in [2.05, 4.69) is 36.3 Å². The predicted molar refractivity (Wildman–Crippen MR) is 113 cm³/mol. The van der Waals surface area contributed by atoms with Gasteiger partial charge in [-0.25, -0.2) is 0 Å². The van der Waals surface area contributed by atoms with Crippen LogP contribution >= 0.6 is 0 Å². The zero-order chi connectivity index (χ0) is 20.2. The zero-order valence-electron chi connectivity index (χ0n) is 17.7. The van der Waals surface area contributed by atoms with E-state index in [4.69, 9.17) is 19.2 Å². The Morgan fingerprint density at radius 3 is 2.64 bits per heavy atom. The Morgan fingerprint density at radius 2 is 1.96 bits per heavy atom. The number of hydrogen-bond acceptors (Lipinski definition) is 5. The number of nitrogens with one attached hydrogen (secondary N) is 2. The first kappa shape index (κ1) is 22.3. The molecule has 0 aliphatic carbocycles. The summed E-state index contributed by atoms with van der Waals surface area (Å²) < 4.78 is 16.5. The summed E-state index contributed by atoms with van der Waals surface area (Å²) in [5, 5.41) is 6.67. The molecule has 0 aromatic heterocycles. The topological polar surface area (TPSA) is 67.4 Å². The van der Waals surface area contributed by atoms with E-state index in [1.54, 1.807) is 7.11 Å². The molecule has 1 unspecified atom stereocenters. The van der Waals surface area contributed by atoms with E-state index in [1.807, 2.05) is 24.3 Å². The van der Waals surface area contributed by atoms with Crippen molar-refractivity contribution in [2.45, 2.75) is 26.8 Å². The van der Waals surface area contributed by atoms with Crippen LogP contribution in [0, 0.1) is 5.92 Å². The molecule has 7 nitrogen and oxygen atoms in total. The number of nitrogens with zero attached hydrogens (tertiary/aromatic N) is 2. The lowest BCUT2D eigenvalue weighted by atomic mass is 10.0. The van der Waals surface area contributed by atoms with Crippen LogP contribution in [-0.4, -0.2) is 76.6 Å². The monoisotopic (exact) mass is 392 g/mol. The van der Waals surface area contributed by atoms with Crippen molar-refractivity contribution in [3.8, 4) is 11.5 Å². The van der Waals surface area contributed by atoms with Gasteiger partial charge in [0.2, 0.25) is 0 Å². The molecule has 1 aromatic carbocycles. The molecule has 1 fully saturated rings. The third kappa shape index (κ3) is 7.56. The second-order valence-electron chi connectivity index (χ2n) is 7.13. The van der Waals surface area contributed by atoms with E-state index in [0.29, 0.717) is 25.1 Å². The smallest absolute Gasteiger partial charge is 0.191 e. The van der Waals surface area contributed by atoms with Crippen molar-refractivity contribution < 1.29 is 14.2 Å². The summed E-state index contributed by atoms with van der Waals surface area (Å²) in [6.07, 6.45) is 0. The van der Waals surface area contributed by atoms with Gasteiger partial charge >= 0.3 is 0 Å². The highest BCUT2D eigenvalue weighted by molar-refractivity contribution is 5.79. The van der Waals surface area contributed by atoms with Crippen molar-refractivity contribution in [1.82, 2.24) is 15.5 Å². The third-order valence-corrected chi connectivity index (χ3v) is 4.77. The van der Waals surface area contributed by atoms with Gasteiger partial charge in [-0.05, 0) is 25.0 Å². The minimum absolute atomic E-state index is 0.424. The summed E-state index contributed by atoms with van der Waals surface area (Å²) in [6, 6.07) is 8.06. The number of hydrogen-bond donors (Lipinski definition) is 2. The van der Waals surface area contributed by atoms with Gasteiger partial charge in [0.25, 0.3) is 0 Å². The van der Waals surface area contributed by atoms with Crippen LogP contribution in [0.3, 0.4) is 0 Å². The van der Waals surface area contributed by atoms with Gasteiger partial charge in [0.15, 0.2) is 5.96 Å². The molecule has 1 saturated heterocycles. The van der Waals surface area contributed by atoms with E-state index in [1.165, 1.54) is 0 Å². The van der Waals surface area contributed by atoms with E-state index in [-0.39, 0.29) is 0 Å². The molecular formula is C21H36N4O3. The van der Waals surface area contributed by atoms with Crippen molar-refractivity contribution >= 4 is 5.96 Å². The van der Waals surface area contributed by atoms with Gasteiger partial charge < -0.3 is 24.8 Å². The van der Waals surface area contributed by atoms with Crippen LogP contribution in [0.15, 0.2) is 29.3 Å². The Morgan fingerprint density at radius 1 is 1.21 bits per heavy atom. The van der Waals surface area contributed by atoms with Crippen LogP contribution in [0.25, 0.3) is 0 Å². The van der Waals surface area contributed by atoms with Crippen molar-refractivity contribution in [2.75, 3.05) is 59.7 Å². The van der Waals surface area contributed by atoms with Crippen LogP contribution in [0.1, 0.15) is 20.8 Å². The van der Waals surface area contributed by atoms with Crippen LogP contribution < -0.4 is 20.1 Å². The van der Waals surface area contributed by atoms with Gasteiger partial charge in [-0.1, -0.05) is 19.9 Å². The van der Waals surface area contributed by atoms with Gasteiger partial charge in [-0.2, -0.15) is 0 Å². The van der Waals surface area contributed by atoms with E-state index < -0.39 is 0 Å². The molecule has 0 amide bonds. The van der Waals surface area contributed by atoms with Crippen molar-refractivity contribution in [1.29, 1.82) is 0 Å². The van der Waals surface area contributed by atoms with Crippen molar-refractivity contribution in [2.24, 2.45) is 10.9 Å².